The van der Waals surface area contributed by atoms with Crippen LogP contribution < -0.4 is 14.5 Å². The van der Waals surface area contributed by atoms with Gasteiger partial charge in [-0.2, -0.15) is 0 Å². The number of aryl methyl sites for hydroxylation is 2. The molecule has 2 heterocycles. The number of hydrogen-bond acceptors (Lipinski definition) is 3. The van der Waals surface area contributed by atoms with Crippen LogP contribution in [0.25, 0.3) is 5.32 Å². The van der Waals surface area contributed by atoms with Crippen molar-refractivity contribution in [2.45, 2.75) is 13.8 Å². The molecule has 5 aromatic rings. The number of anilines is 4. The summed E-state index contributed by atoms with van der Waals surface area (Å²) in [7, 11) is 0. The van der Waals surface area contributed by atoms with Crippen LogP contribution in [-0.4, -0.2) is 0 Å². The van der Waals surface area contributed by atoms with Crippen LogP contribution in [-0.2, 0) is 22.4 Å². The molecule has 0 N–H and O–H groups in total. The smallest absolute Gasteiger partial charge is 0.113 e. The summed E-state index contributed by atoms with van der Waals surface area (Å²) >= 11 is 0. The van der Waals surface area contributed by atoms with Gasteiger partial charge in [-0.1, -0.05) is 95.3 Å². The molecule has 5 heteroatoms. The van der Waals surface area contributed by atoms with E-state index in [4.69, 9.17) is 4.74 Å². The van der Waals surface area contributed by atoms with Crippen molar-refractivity contribution in [1.82, 2.24) is 0 Å². The molecule has 193 valence electrons. The molecule has 4 nitrogen and oxygen atoms in total. The SMILES string of the molecule is Cc1cccc2c1[N-]c1c(C)cccc1O2.[Au].c1ccc(N2[CH-]N(c3ccccc3)c3ccccc32)cc1. The molecule has 1 radical (unpaired) electrons. The van der Waals surface area contributed by atoms with E-state index in [1.165, 1.54) is 22.7 Å². The standard InChI is InChI=1S/C19H15N2.C14H12NO.Au/c1-3-9-16(10-4-1)20-15-21(17-11-5-2-6-12-17)19-14-8-7-13-18(19)20;1-9-5-3-7-11-13(9)15-14-10(2)6-4-8-12(14)16-11;/h1-15H;3-8H,1-2H3;/q2*-1;. The van der Waals surface area contributed by atoms with Gasteiger partial charge in [0.05, 0.1) is 0 Å². The molecular weight excluding hydrogens is 651 g/mol. The van der Waals surface area contributed by atoms with E-state index in [-0.39, 0.29) is 22.4 Å². The van der Waals surface area contributed by atoms with Gasteiger partial charge in [-0.25, -0.2) is 0 Å². The van der Waals surface area contributed by atoms with Crippen LogP contribution in [0.5, 0.6) is 11.5 Å². The first-order valence-electron chi connectivity index (χ1n) is 12.4. The number of ether oxygens (including phenoxy) is 1. The Hall–Kier alpha value is -3.96. The van der Waals surface area contributed by atoms with Crippen molar-refractivity contribution in [3.8, 4) is 11.5 Å². The number of nitrogens with zero attached hydrogens (tertiary/aromatic N) is 3. The zero-order valence-electron chi connectivity index (χ0n) is 21.2. The molecule has 2 aliphatic heterocycles. The van der Waals surface area contributed by atoms with Gasteiger partial charge in [-0.15, -0.1) is 6.67 Å². The Morgan fingerprint density at radius 3 is 1.39 bits per heavy atom. The minimum Gasteiger partial charge on any atom is -0.651 e. The Bertz CT molecular complexity index is 1430. The Kier molecular flexibility index (Phi) is 7.57. The van der Waals surface area contributed by atoms with E-state index in [1.807, 2.05) is 36.4 Å². The van der Waals surface area contributed by atoms with Gasteiger partial charge < -0.3 is 19.9 Å². The molecule has 0 amide bonds. The van der Waals surface area contributed by atoms with Crippen LogP contribution >= 0.6 is 0 Å². The minimum atomic E-state index is 0. The maximum Gasteiger partial charge on any atom is 0.113 e. The number of para-hydroxylation sites is 6. The predicted molar refractivity (Wildman–Crippen MR) is 153 cm³/mol. The Morgan fingerprint density at radius 2 is 0.947 bits per heavy atom. The first-order chi connectivity index (χ1) is 18.2. The summed E-state index contributed by atoms with van der Waals surface area (Å²) < 4.78 is 5.85. The maximum absolute atomic E-state index is 5.85. The third-order valence-electron chi connectivity index (χ3n) is 6.55. The number of rotatable bonds is 2. The van der Waals surface area contributed by atoms with E-state index < -0.39 is 0 Å². The Labute approximate surface area is 240 Å². The van der Waals surface area contributed by atoms with Crippen LogP contribution in [0.4, 0.5) is 34.1 Å². The van der Waals surface area contributed by atoms with Crippen molar-refractivity contribution in [3.63, 3.8) is 0 Å². The number of benzene rings is 5. The van der Waals surface area contributed by atoms with E-state index in [2.05, 4.69) is 121 Å². The van der Waals surface area contributed by atoms with Crippen LogP contribution in [0.15, 0.2) is 121 Å². The van der Waals surface area contributed by atoms with E-state index in [9.17, 15) is 0 Å². The summed E-state index contributed by atoms with van der Waals surface area (Å²) in [6, 6.07) is 41.3. The van der Waals surface area contributed by atoms with Crippen LogP contribution in [0.3, 0.4) is 0 Å². The summed E-state index contributed by atoms with van der Waals surface area (Å²) in [4.78, 5) is 4.45. The van der Waals surface area contributed by atoms with Crippen molar-refractivity contribution < 1.29 is 27.1 Å². The monoisotopic (exact) mass is 678 g/mol. The normalized spacial score (nSPS) is 12.5. The van der Waals surface area contributed by atoms with Crippen LogP contribution in [0.1, 0.15) is 11.1 Å². The second-order valence-electron chi connectivity index (χ2n) is 9.07. The van der Waals surface area contributed by atoms with Crippen LogP contribution in [0, 0.1) is 20.5 Å². The summed E-state index contributed by atoms with van der Waals surface area (Å²) in [6.45, 7) is 6.25. The van der Waals surface area contributed by atoms with Crippen molar-refractivity contribution in [3.05, 3.63) is 144 Å². The van der Waals surface area contributed by atoms with Crippen LogP contribution in [0.2, 0.25) is 0 Å². The van der Waals surface area contributed by atoms with Gasteiger partial charge in [0, 0.05) is 45.1 Å². The molecule has 0 bridgehead atoms. The van der Waals surface area contributed by atoms with Crippen molar-refractivity contribution in [2.75, 3.05) is 9.80 Å². The summed E-state index contributed by atoms with van der Waals surface area (Å²) in [5, 5.41) is 4.68. The van der Waals surface area contributed by atoms with E-state index in [0.717, 1.165) is 34.0 Å². The van der Waals surface area contributed by atoms with Gasteiger partial charge in [-0.3, -0.25) is 0 Å². The van der Waals surface area contributed by atoms with Gasteiger partial charge in [0.15, 0.2) is 0 Å². The fourth-order valence-electron chi connectivity index (χ4n) is 4.65. The zero-order chi connectivity index (χ0) is 25.2. The number of fused-ring (bicyclic) bond motifs is 3. The van der Waals surface area contributed by atoms with Gasteiger partial charge >= 0.3 is 0 Å². The quantitative estimate of drug-likeness (QED) is 0.135. The van der Waals surface area contributed by atoms with Crippen molar-refractivity contribution in [1.29, 1.82) is 0 Å². The summed E-state index contributed by atoms with van der Waals surface area (Å²) in [5.74, 6) is 1.69. The third-order valence-corrected chi connectivity index (χ3v) is 6.55. The molecule has 38 heavy (non-hydrogen) atoms. The minimum absolute atomic E-state index is 0. The summed E-state index contributed by atoms with van der Waals surface area (Å²) in [6.07, 6.45) is 0. The molecule has 2 aliphatic rings. The van der Waals surface area contributed by atoms with Crippen molar-refractivity contribution in [2.24, 2.45) is 0 Å². The van der Waals surface area contributed by atoms with Gasteiger partial charge in [0.25, 0.3) is 0 Å². The molecule has 0 fully saturated rings. The average molecular weight is 679 g/mol. The predicted octanol–water partition coefficient (Wildman–Crippen LogP) is 9.84. The van der Waals surface area contributed by atoms with Crippen molar-refractivity contribution >= 4 is 34.1 Å². The molecule has 5 aromatic carbocycles. The molecule has 7 rings (SSSR count). The second kappa shape index (κ2) is 11.2. The molecule has 0 aromatic heterocycles. The maximum atomic E-state index is 5.85. The molecule has 0 spiro atoms. The first kappa shape index (κ1) is 25.7. The molecule has 0 atom stereocenters. The third kappa shape index (κ3) is 4.94. The number of hydrogen-bond donors (Lipinski definition) is 0. The molecule has 0 saturated carbocycles. The zero-order valence-corrected chi connectivity index (χ0v) is 23.3. The fourth-order valence-corrected chi connectivity index (χ4v) is 4.65. The first-order valence-corrected chi connectivity index (χ1v) is 12.4. The Balaban J connectivity index is 0.000000156. The van der Waals surface area contributed by atoms with Gasteiger partial charge in [-0.05, 0) is 62.4 Å². The molecule has 0 aliphatic carbocycles. The Morgan fingerprint density at radius 1 is 0.526 bits per heavy atom. The topological polar surface area (TPSA) is 29.8 Å². The van der Waals surface area contributed by atoms with Gasteiger partial charge in [0.1, 0.15) is 11.5 Å². The molecule has 0 saturated heterocycles. The second-order valence-corrected chi connectivity index (χ2v) is 9.07. The average Bonchev–Trinajstić information content (AvgIpc) is 3.34. The molecular formula is C33H27AuN3O-2. The van der Waals surface area contributed by atoms with E-state index in [0.29, 0.717) is 0 Å². The largest absolute Gasteiger partial charge is 0.651 e. The fraction of sp³-hybridized carbons (Fsp3) is 0.0606. The van der Waals surface area contributed by atoms with E-state index in [1.54, 1.807) is 0 Å². The van der Waals surface area contributed by atoms with E-state index >= 15 is 0 Å². The summed E-state index contributed by atoms with van der Waals surface area (Å²) in [5.41, 5.74) is 8.93. The molecule has 0 unspecified atom stereocenters. The van der Waals surface area contributed by atoms with Gasteiger partial charge in [0.2, 0.25) is 0 Å².